The number of rotatable bonds is 15. The molecule has 10 heteroatoms. The summed E-state index contributed by atoms with van der Waals surface area (Å²) < 4.78 is 5.22. The Labute approximate surface area is 265 Å². The zero-order chi connectivity index (χ0) is 33.4. The third kappa shape index (κ3) is 15.8. The number of halogens is 1. The van der Waals surface area contributed by atoms with E-state index in [0.29, 0.717) is 6.42 Å². The van der Waals surface area contributed by atoms with Gasteiger partial charge in [0.25, 0.3) is 0 Å². The lowest BCUT2D eigenvalue weighted by molar-refractivity contribution is -0.159. The molecule has 0 bridgehead atoms. The summed E-state index contributed by atoms with van der Waals surface area (Å²) in [5, 5.41) is 60.8. The molecule has 9 nitrogen and oxygen atoms in total. The number of hydrogen-bond donors (Lipinski definition) is 6. The van der Waals surface area contributed by atoms with E-state index < -0.39 is 60.4 Å². The Hall–Kier alpha value is -2.79. The number of ether oxygens (including phenoxy) is 1. The average Bonchev–Trinajstić information content (AvgIpc) is 2.94. The molecule has 44 heavy (non-hydrogen) atoms. The highest BCUT2D eigenvalue weighted by molar-refractivity contribution is 6.30. The van der Waals surface area contributed by atoms with E-state index in [1.165, 1.54) is 18.2 Å². The van der Waals surface area contributed by atoms with Crippen LogP contribution < -0.4 is 0 Å². The molecule has 0 amide bonds. The number of carbonyl (C=O) groups is 2. The fourth-order valence-electron chi connectivity index (χ4n) is 4.24. The van der Waals surface area contributed by atoms with Crippen molar-refractivity contribution in [1.29, 1.82) is 0 Å². The van der Waals surface area contributed by atoms with Crippen molar-refractivity contribution in [2.75, 3.05) is 0 Å². The Morgan fingerprint density at radius 1 is 0.932 bits per heavy atom. The lowest BCUT2D eigenvalue weighted by Gasteiger charge is -2.30. The molecule has 6 N–H and O–H groups in total. The van der Waals surface area contributed by atoms with E-state index in [0.717, 1.165) is 5.57 Å². The summed E-state index contributed by atoms with van der Waals surface area (Å²) >= 11 is 6.31. The highest BCUT2D eigenvalue weighted by Crippen LogP contribution is 2.27. The Morgan fingerprint density at radius 2 is 1.57 bits per heavy atom. The molecule has 0 unspecified atom stereocenters. The topological polar surface area (TPSA) is 165 Å². The van der Waals surface area contributed by atoms with Crippen molar-refractivity contribution < 1.29 is 45.0 Å². The number of carboxylic acids is 1. The van der Waals surface area contributed by atoms with Crippen LogP contribution in [0.3, 0.4) is 0 Å². The lowest BCUT2D eigenvalue weighted by atomic mass is 9.85. The summed E-state index contributed by atoms with van der Waals surface area (Å²) in [6.45, 7) is 9.57. The van der Waals surface area contributed by atoms with Gasteiger partial charge in [-0.3, -0.25) is 4.79 Å². The highest BCUT2D eigenvalue weighted by atomic mass is 35.5. The van der Waals surface area contributed by atoms with Crippen LogP contribution in [-0.4, -0.2) is 79.2 Å². The van der Waals surface area contributed by atoms with E-state index in [4.69, 9.17) is 21.4 Å². The van der Waals surface area contributed by atoms with Crippen molar-refractivity contribution >= 4 is 23.5 Å². The first-order valence-corrected chi connectivity index (χ1v) is 15.1. The number of hydrogen-bond acceptors (Lipinski definition) is 8. The van der Waals surface area contributed by atoms with Crippen molar-refractivity contribution in [2.24, 2.45) is 17.3 Å². The summed E-state index contributed by atoms with van der Waals surface area (Å²) in [5.41, 5.74) is 0.833. The Balaban J connectivity index is 2.57. The predicted octanol–water partition coefficient (Wildman–Crippen LogP) is 4.51. The zero-order valence-corrected chi connectivity index (χ0v) is 26.9. The maximum absolute atomic E-state index is 12.0. The molecule has 0 saturated heterocycles. The summed E-state index contributed by atoms with van der Waals surface area (Å²) in [4.78, 5) is 23.2. The largest absolute Gasteiger partial charge is 0.481 e. The predicted molar refractivity (Wildman–Crippen MR) is 172 cm³/mol. The first-order valence-electron chi connectivity index (χ1n) is 14.8. The van der Waals surface area contributed by atoms with Gasteiger partial charge < -0.3 is 35.4 Å². The monoisotopic (exact) mass is 636 g/mol. The minimum absolute atomic E-state index is 0.00359. The minimum Gasteiger partial charge on any atom is -0.481 e. The molecule has 1 rings (SSSR count). The standard InChI is InChI=1S/C34H49ClO9/c1-22(13-7-9-16-30(39)44-29-20-24(33(42)43)17-18-27(29)37)12-6-8-15-26(35)23(2)31(40)32(41)28(38)21-25(36)14-10-11-19-34(3,4)5/h6-16,19,23-25,27-29,31-32,36-38,40-41H,17-18,20-21H2,1-5H3,(H,42,43)/b8-6+,13-7+,14-10+,16-9+,19-11+,22-12+,26-15-/t23-,24+,25+,27+,28-,29-,31-,32-/m1/s1. The number of esters is 1. The van der Waals surface area contributed by atoms with Crippen LogP contribution in [0.4, 0.5) is 0 Å². The van der Waals surface area contributed by atoms with Crippen LogP contribution in [0, 0.1) is 17.3 Å². The van der Waals surface area contributed by atoms with Crippen molar-refractivity contribution in [3.05, 3.63) is 83.5 Å². The molecule has 1 fully saturated rings. The average molecular weight is 637 g/mol. The molecule has 1 saturated carbocycles. The van der Waals surface area contributed by atoms with Gasteiger partial charge in [0.05, 0.1) is 30.3 Å². The molecule has 0 heterocycles. The van der Waals surface area contributed by atoms with E-state index >= 15 is 0 Å². The van der Waals surface area contributed by atoms with Gasteiger partial charge in [-0.15, -0.1) is 0 Å². The molecule has 0 aromatic rings. The van der Waals surface area contributed by atoms with Gasteiger partial charge in [0, 0.05) is 29.9 Å². The number of aliphatic hydroxyl groups is 5. The van der Waals surface area contributed by atoms with Gasteiger partial charge in [-0.25, -0.2) is 4.79 Å². The van der Waals surface area contributed by atoms with Gasteiger partial charge in [-0.05, 0) is 31.3 Å². The Morgan fingerprint density at radius 3 is 2.20 bits per heavy atom. The highest BCUT2D eigenvalue weighted by Gasteiger charge is 2.35. The second kappa shape index (κ2) is 19.6. The normalized spacial score (nSPS) is 24.4. The van der Waals surface area contributed by atoms with Crippen molar-refractivity contribution in [1.82, 2.24) is 0 Å². The molecule has 0 aliphatic heterocycles. The minimum atomic E-state index is -1.52. The number of aliphatic carboxylic acids is 1. The lowest BCUT2D eigenvalue weighted by Crippen LogP contribution is -2.42. The maximum atomic E-state index is 12.0. The van der Waals surface area contributed by atoms with E-state index in [1.807, 2.05) is 33.8 Å². The molecule has 0 radical (unpaired) electrons. The third-order valence-electron chi connectivity index (χ3n) is 7.02. The zero-order valence-electron chi connectivity index (χ0n) is 26.2. The number of carbonyl (C=O) groups excluding carboxylic acids is 1. The van der Waals surface area contributed by atoms with Crippen LogP contribution in [-0.2, 0) is 14.3 Å². The summed E-state index contributed by atoms with van der Waals surface area (Å²) in [5.74, 6) is -2.96. The molecule has 1 aliphatic carbocycles. The van der Waals surface area contributed by atoms with Gasteiger partial charge in [-0.2, -0.15) is 0 Å². The molecule has 0 aromatic heterocycles. The molecule has 246 valence electrons. The third-order valence-corrected chi connectivity index (χ3v) is 7.49. The number of carboxylic acid groups (broad SMARTS) is 1. The van der Waals surface area contributed by atoms with Crippen molar-refractivity contribution in [3.8, 4) is 0 Å². The van der Waals surface area contributed by atoms with Crippen molar-refractivity contribution in [3.63, 3.8) is 0 Å². The summed E-state index contributed by atoms with van der Waals surface area (Å²) in [6.07, 6.45) is 13.2. The van der Waals surface area contributed by atoms with Crippen molar-refractivity contribution in [2.45, 2.75) is 96.9 Å². The summed E-state index contributed by atoms with van der Waals surface area (Å²) in [6, 6.07) is 0. The molecular formula is C34H49ClO9. The van der Waals surface area contributed by atoms with Crippen LogP contribution in [0.5, 0.6) is 0 Å². The van der Waals surface area contributed by atoms with E-state index in [9.17, 15) is 35.1 Å². The molecular weight excluding hydrogens is 588 g/mol. The second-order valence-electron chi connectivity index (χ2n) is 12.2. The van der Waals surface area contributed by atoms with Crippen LogP contribution >= 0.6 is 11.6 Å². The van der Waals surface area contributed by atoms with Gasteiger partial charge in [0.2, 0.25) is 0 Å². The Bertz CT molecular complexity index is 1130. The number of aliphatic hydroxyl groups excluding tert-OH is 5. The first kappa shape index (κ1) is 39.2. The molecule has 0 spiro atoms. The van der Waals surface area contributed by atoms with E-state index in [1.54, 1.807) is 55.5 Å². The molecule has 8 atom stereocenters. The smallest absolute Gasteiger partial charge is 0.331 e. The second-order valence-corrected chi connectivity index (χ2v) is 12.6. The van der Waals surface area contributed by atoms with E-state index in [2.05, 4.69) is 0 Å². The fraction of sp³-hybridized carbons (Fsp3) is 0.529. The maximum Gasteiger partial charge on any atom is 0.331 e. The van der Waals surface area contributed by atoms with Crippen LogP contribution in [0.15, 0.2) is 83.5 Å². The van der Waals surface area contributed by atoms with Gasteiger partial charge in [0.15, 0.2) is 0 Å². The number of allylic oxidation sites excluding steroid dienone is 11. The van der Waals surface area contributed by atoms with Crippen LogP contribution in [0.1, 0.15) is 60.3 Å². The van der Waals surface area contributed by atoms with Gasteiger partial charge in [-0.1, -0.05) is 106 Å². The molecule has 1 aliphatic rings. The van der Waals surface area contributed by atoms with E-state index in [-0.39, 0.29) is 29.7 Å². The SMILES string of the molecule is CC(/C=C/C=C/C(=O)O[C@@H]1C[C@@H](C(=O)O)CC[C@@H]1O)=C\C=C\C=C(/Cl)[C@@H](C)[C@@H](O)[C@H](O)[C@H](O)C[C@@H](O)/C=C/C=C/C(C)(C)C. The quantitative estimate of drug-likeness (QED) is 0.0862. The van der Waals surface area contributed by atoms with Crippen LogP contribution in [0.2, 0.25) is 0 Å². The molecule has 0 aromatic carbocycles. The van der Waals surface area contributed by atoms with Gasteiger partial charge >= 0.3 is 11.9 Å². The fourth-order valence-corrected chi connectivity index (χ4v) is 4.45. The Kier molecular flexibility index (Phi) is 17.4. The first-order chi connectivity index (χ1) is 20.5. The summed E-state index contributed by atoms with van der Waals surface area (Å²) in [7, 11) is 0. The van der Waals surface area contributed by atoms with Gasteiger partial charge in [0.1, 0.15) is 12.2 Å². The van der Waals surface area contributed by atoms with Crippen LogP contribution in [0.25, 0.3) is 0 Å².